The van der Waals surface area contributed by atoms with Crippen molar-refractivity contribution >= 4 is 27.6 Å². The molecule has 156 valence electrons. The number of benzene rings is 2. The van der Waals surface area contributed by atoms with Gasteiger partial charge in [-0.2, -0.15) is 0 Å². The fourth-order valence-electron chi connectivity index (χ4n) is 2.66. The van der Waals surface area contributed by atoms with E-state index in [1.807, 2.05) is 0 Å². The van der Waals surface area contributed by atoms with Gasteiger partial charge in [-0.15, -0.1) is 0 Å². The molecule has 0 aliphatic rings. The number of rotatable bonds is 9. The second-order valence-corrected chi connectivity index (χ2v) is 8.21. The Labute approximate surface area is 169 Å². The van der Waals surface area contributed by atoms with Gasteiger partial charge in [0.1, 0.15) is 5.82 Å². The number of nitrogens with one attached hydrogen (secondary N) is 2. The third-order valence-corrected chi connectivity index (χ3v) is 4.62. The fraction of sp³-hybridized carbons (Fsp3) is 0.300. The van der Waals surface area contributed by atoms with Gasteiger partial charge >= 0.3 is 5.97 Å². The van der Waals surface area contributed by atoms with Crippen LogP contribution < -0.4 is 10.0 Å². The van der Waals surface area contributed by atoms with E-state index in [1.165, 1.54) is 24.3 Å². The number of amides is 1. The molecule has 1 amide bonds. The Bertz CT molecular complexity index is 944. The molecule has 0 aromatic heterocycles. The van der Waals surface area contributed by atoms with Crippen molar-refractivity contribution in [1.29, 1.82) is 0 Å². The molecule has 0 aliphatic heterocycles. The topological polar surface area (TPSA) is 102 Å². The molecular weight excluding hydrogens is 399 g/mol. The van der Waals surface area contributed by atoms with Crippen molar-refractivity contribution in [3.63, 3.8) is 0 Å². The number of halogens is 1. The Morgan fingerprint density at radius 1 is 1.07 bits per heavy atom. The van der Waals surface area contributed by atoms with Crippen molar-refractivity contribution in [1.82, 2.24) is 4.72 Å². The van der Waals surface area contributed by atoms with Crippen LogP contribution in [0, 0.1) is 5.82 Å². The highest BCUT2D eigenvalue weighted by atomic mass is 32.2. The Kier molecular flexibility index (Phi) is 7.86. The van der Waals surface area contributed by atoms with Crippen LogP contribution in [0.5, 0.6) is 0 Å². The number of anilines is 1. The monoisotopic (exact) mass is 422 g/mol. The summed E-state index contributed by atoms with van der Waals surface area (Å²) in [6, 6.07) is 11.1. The van der Waals surface area contributed by atoms with Gasteiger partial charge in [-0.1, -0.05) is 24.3 Å². The van der Waals surface area contributed by atoms with Crippen LogP contribution >= 0.6 is 0 Å². The van der Waals surface area contributed by atoms with Gasteiger partial charge < -0.3 is 10.1 Å². The smallest absolute Gasteiger partial charge is 0.310 e. The van der Waals surface area contributed by atoms with Crippen molar-refractivity contribution in [2.24, 2.45) is 0 Å². The quantitative estimate of drug-likeness (QED) is 0.605. The molecule has 2 N–H and O–H groups in total. The number of ether oxygens (including phenoxy) is 1. The largest absolute Gasteiger partial charge is 0.466 e. The molecule has 29 heavy (non-hydrogen) atoms. The molecular formula is C20H23FN2O5S. The Morgan fingerprint density at radius 3 is 2.24 bits per heavy atom. The van der Waals surface area contributed by atoms with Crippen LogP contribution in [0.3, 0.4) is 0 Å². The Hall–Kier alpha value is -2.78. The van der Waals surface area contributed by atoms with E-state index in [9.17, 15) is 22.4 Å². The summed E-state index contributed by atoms with van der Waals surface area (Å²) in [5, 5.41) is 2.68. The summed E-state index contributed by atoms with van der Waals surface area (Å²) in [5.74, 6) is -1.22. The lowest BCUT2D eigenvalue weighted by Gasteiger charge is -2.18. The fourth-order valence-corrected chi connectivity index (χ4v) is 3.40. The minimum absolute atomic E-state index is 0.132. The molecule has 0 bridgehead atoms. The molecule has 2 rings (SSSR count). The molecule has 0 aliphatic carbocycles. The molecule has 0 radical (unpaired) electrons. The first-order valence-electron chi connectivity index (χ1n) is 8.93. The van der Waals surface area contributed by atoms with E-state index < -0.39 is 27.8 Å². The highest BCUT2D eigenvalue weighted by molar-refractivity contribution is 7.88. The van der Waals surface area contributed by atoms with E-state index in [2.05, 4.69) is 10.0 Å². The van der Waals surface area contributed by atoms with Crippen molar-refractivity contribution in [3.8, 4) is 0 Å². The second-order valence-electron chi connectivity index (χ2n) is 6.43. The predicted octanol–water partition coefficient (Wildman–Crippen LogP) is 2.55. The van der Waals surface area contributed by atoms with Gasteiger partial charge in [-0.3, -0.25) is 9.59 Å². The third kappa shape index (κ3) is 8.00. The van der Waals surface area contributed by atoms with E-state index in [0.717, 1.165) is 11.8 Å². The maximum Gasteiger partial charge on any atom is 0.310 e. The Morgan fingerprint density at radius 2 is 1.69 bits per heavy atom. The summed E-state index contributed by atoms with van der Waals surface area (Å²) < 4.78 is 43.7. The summed E-state index contributed by atoms with van der Waals surface area (Å²) in [5.41, 5.74) is 1.71. The minimum atomic E-state index is -3.59. The standard InChI is InChI=1S/C20H23FN2O5S/c1-3-28-20(25)12-14-4-10-17(11-5-14)22-19(24)13-18(23-29(2,26)27)15-6-8-16(21)9-7-15/h4-11,18,23H,3,12-13H2,1-2H3,(H,22,24)/t18-/m0/s1. The van der Waals surface area contributed by atoms with Crippen LogP contribution in [0.1, 0.15) is 30.5 Å². The SMILES string of the molecule is CCOC(=O)Cc1ccc(NC(=O)C[C@H](NS(C)(=O)=O)c2ccc(F)cc2)cc1. The average Bonchev–Trinajstić information content (AvgIpc) is 2.62. The molecule has 0 unspecified atom stereocenters. The van der Waals surface area contributed by atoms with Crippen LogP contribution in [-0.4, -0.2) is 33.2 Å². The van der Waals surface area contributed by atoms with Gasteiger partial charge in [0.25, 0.3) is 0 Å². The molecule has 0 fully saturated rings. The number of hydrogen-bond donors (Lipinski definition) is 2. The number of esters is 1. The maximum absolute atomic E-state index is 13.1. The lowest BCUT2D eigenvalue weighted by molar-refractivity contribution is -0.142. The van der Waals surface area contributed by atoms with Gasteiger partial charge in [0.05, 0.1) is 25.3 Å². The first kappa shape index (κ1) is 22.5. The Balaban J connectivity index is 2.03. The first-order chi connectivity index (χ1) is 13.7. The maximum atomic E-state index is 13.1. The lowest BCUT2D eigenvalue weighted by Crippen LogP contribution is -2.30. The molecule has 1 atom stereocenters. The number of sulfonamides is 1. The molecule has 7 nitrogen and oxygen atoms in total. The zero-order valence-electron chi connectivity index (χ0n) is 16.1. The van der Waals surface area contributed by atoms with Gasteiger partial charge in [0.15, 0.2) is 0 Å². The lowest BCUT2D eigenvalue weighted by atomic mass is 10.0. The summed E-state index contributed by atoms with van der Waals surface area (Å²) in [6.07, 6.45) is 0.944. The van der Waals surface area contributed by atoms with Crippen LogP contribution in [0.4, 0.5) is 10.1 Å². The zero-order chi connectivity index (χ0) is 21.4. The number of carbonyl (C=O) groups excluding carboxylic acids is 2. The van der Waals surface area contributed by atoms with E-state index in [0.29, 0.717) is 17.9 Å². The predicted molar refractivity (Wildman–Crippen MR) is 107 cm³/mol. The van der Waals surface area contributed by atoms with Gasteiger partial charge in [-0.05, 0) is 42.3 Å². The van der Waals surface area contributed by atoms with Crippen molar-refractivity contribution in [2.75, 3.05) is 18.2 Å². The summed E-state index contributed by atoms with van der Waals surface area (Å²) in [4.78, 5) is 23.9. The van der Waals surface area contributed by atoms with Gasteiger partial charge in [0.2, 0.25) is 15.9 Å². The second kappa shape index (κ2) is 10.1. The molecule has 0 heterocycles. The minimum Gasteiger partial charge on any atom is -0.466 e. The highest BCUT2D eigenvalue weighted by Gasteiger charge is 2.20. The molecule has 2 aromatic rings. The highest BCUT2D eigenvalue weighted by Crippen LogP contribution is 2.20. The van der Waals surface area contributed by atoms with E-state index >= 15 is 0 Å². The molecule has 9 heteroatoms. The van der Waals surface area contributed by atoms with Crippen molar-refractivity contribution in [3.05, 3.63) is 65.5 Å². The van der Waals surface area contributed by atoms with Crippen molar-refractivity contribution in [2.45, 2.75) is 25.8 Å². The van der Waals surface area contributed by atoms with Crippen LogP contribution in [0.25, 0.3) is 0 Å². The molecule has 2 aromatic carbocycles. The summed E-state index contributed by atoms with van der Waals surface area (Å²) in [7, 11) is -3.59. The third-order valence-electron chi connectivity index (χ3n) is 3.91. The van der Waals surface area contributed by atoms with E-state index in [-0.39, 0.29) is 18.8 Å². The summed E-state index contributed by atoms with van der Waals surface area (Å²) in [6.45, 7) is 2.04. The first-order valence-corrected chi connectivity index (χ1v) is 10.8. The zero-order valence-corrected chi connectivity index (χ0v) is 17.0. The van der Waals surface area contributed by atoms with E-state index in [4.69, 9.17) is 4.74 Å². The van der Waals surface area contributed by atoms with Crippen LogP contribution in [0.2, 0.25) is 0 Å². The molecule has 0 saturated carbocycles. The van der Waals surface area contributed by atoms with Gasteiger partial charge in [0, 0.05) is 12.1 Å². The van der Waals surface area contributed by atoms with E-state index in [1.54, 1.807) is 31.2 Å². The van der Waals surface area contributed by atoms with Gasteiger partial charge in [-0.25, -0.2) is 17.5 Å². The number of carbonyl (C=O) groups is 2. The average molecular weight is 422 g/mol. The normalized spacial score (nSPS) is 12.2. The van der Waals surface area contributed by atoms with Crippen molar-refractivity contribution < 1.29 is 27.1 Å². The number of hydrogen-bond acceptors (Lipinski definition) is 5. The summed E-state index contributed by atoms with van der Waals surface area (Å²) >= 11 is 0. The molecule has 0 spiro atoms. The van der Waals surface area contributed by atoms with Crippen LogP contribution in [0.15, 0.2) is 48.5 Å². The van der Waals surface area contributed by atoms with Crippen LogP contribution in [-0.2, 0) is 30.8 Å². The molecule has 0 saturated heterocycles.